The lowest BCUT2D eigenvalue weighted by Crippen LogP contribution is -2.46. The number of benzene rings is 1. The standard InChI is InChI=1S/C25H34N4O3/c1-4-9-19(2)24(25(31)29-32)28-20(3)22-14-12-21(13-15-22)10-6-5-7-11-23(30)18-27-17-8-16-26/h4-5,7,11-15,19,24,27-28,30,32H,1,3,8-9,16-18,26H2,2H3,(H,29,31)/b7-5+,23-11-/t19-,24+/m1/s1. The number of aliphatic hydroxyl groups excluding tert-OH is 1. The molecule has 0 saturated heterocycles. The van der Waals surface area contributed by atoms with Crippen LogP contribution in [0, 0.1) is 17.8 Å². The maximum absolute atomic E-state index is 12.0. The third-order valence-electron chi connectivity index (χ3n) is 4.61. The third kappa shape index (κ3) is 10.1. The smallest absolute Gasteiger partial charge is 0.266 e. The Bertz CT molecular complexity index is 863. The van der Waals surface area contributed by atoms with Crippen LogP contribution in [-0.2, 0) is 4.79 Å². The number of rotatable bonds is 13. The summed E-state index contributed by atoms with van der Waals surface area (Å²) in [6.07, 6.45) is 8.14. The van der Waals surface area contributed by atoms with E-state index in [1.807, 2.05) is 31.2 Å². The summed E-state index contributed by atoms with van der Waals surface area (Å²) in [7, 11) is 0. The molecule has 0 unspecified atom stereocenters. The molecule has 7 N–H and O–H groups in total. The summed E-state index contributed by atoms with van der Waals surface area (Å²) in [5.41, 5.74) is 9.29. The van der Waals surface area contributed by atoms with Crippen LogP contribution in [0.15, 0.2) is 67.5 Å². The largest absolute Gasteiger partial charge is 0.511 e. The molecule has 32 heavy (non-hydrogen) atoms. The Morgan fingerprint density at radius 3 is 2.66 bits per heavy atom. The van der Waals surface area contributed by atoms with Crippen LogP contribution in [0.2, 0.25) is 0 Å². The van der Waals surface area contributed by atoms with Crippen LogP contribution in [0.25, 0.3) is 5.70 Å². The number of hydrogen-bond acceptors (Lipinski definition) is 6. The highest BCUT2D eigenvalue weighted by molar-refractivity contribution is 5.83. The average molecular weight is 439 g/mol. The summed E-state index contributed by atoms with van der Waals surface area (Å²) in [5, 5.41) is 24.9. The minimum Gasteiger partial charge on any atom is -0.511 e. The molecular weight excluding hydrogens is 404 g/mol. The van der Waals surface area contributed by atoms with Crippen LogP contribution in [0.4, 0.5) is 0 Å². The minimum atomic E-state index is -0.643. The van der Waals surface area contributed by atoms with Gasteiger partial charge in [0.25, 0.3) is 5.91 Å². The Balaban J connectivity index is 2.66. The summed E-state index contributed by atoms with van der Waals surface area (Å²) in [4.78, 5) is 12.0. The predicted octanol–water partition coefficient (Wildman–Crippen LogP) is 2.62. The lowest BCUT2D eigenvalue weighted by Gasteiger charge is -2.24. The van der Waals surface area contributed by atoms with E-state index in [0.717, 1.165) is 24.1 Å². The van der Waals surface area contributed by atoms with Gasteiger partial charge in [-0.05, 0) is 61.7 Å². The van der Waals surface area contributed by atoms with Gasteiger partial charge in [-0.2, -0.15) is 0 Å². The highest BCUT2D eigenvalue weighted by Crippen LogP contribution is 2.16. The van der Waals surface area contributed by atoms with Crippen LogP contribution >= 0.6 is 0 Å². The number of hydrogen-bond donors (Lipinski definition) is 6. The molecule has 1 rings (SSSR count). The molecular formula is C25H34N4O3. The van der Waals surface area contributed by atoms with Crippen molar-refractivity contribution in [3.05, 3.63) is 78.6 Å². The van der Waals surface area contributed by atoms with Crippen molar-refractivity contribution in [2.45, 2.75) is 25.8 Å². The number of nitrogens with two attached hydrogens (primary N) is 1. The molecule has 1 aromatic rings. The van der Waals surface area contributed by atoms with Crippen molar-refractivity contribution in [2.24, 2.45) is 11.7 Å². The van der Waals surface area contributed by atoms with Gasteiger partial charge in [0, 0.05) is 11.3 Å². The first-order valence-electron chi connectivity index (χ1n) is 10.5. The average Bonchev–Trinajstić information content (AvgIpc) is 2.80. The van der Waals surface area contributed by atoms with Crippen molar-refractivity contribution in [2.75, 3.05) is 19.6 Å². The van der Waals surface area contributed by atoms with E-state index in [4.69, 9.17) is 10.9 Å². The zero-order valence-electron chi connectivity index (χ0n) is 18.6. The van der Waals surface area contributed by atoms with Gasteiger partial charge < -0.3 is 21.5 Å². The van der Waals surface area contributed by atoms with Crippen molar-refractivity contribution in [3.8, 4) is 11.8 Å². The zero-order chi connectivity index (χ0) is 23.8. The molecule has 0 radical (unpaired) electrons. The molecule has 0 saturated carbocycles. The first-order valence-corrected chi connectivity index (χ1v) is 10.5. The summed E-state index contributed by atoms with van der Waals surface area (Å²) in [6, 6.07) is 6.77. The Morgan fingerprint density at radius 2 is 2.03 bits per heavy atom. The van der Waals surface area contributed by atoms with Gasteiger partial charge in [0.05, 0.1) is 6.54 Å². The van der Waals surface area contributed by atoms with Gasteiger partial charge in [-0.1, -0.05) is 49.6 Å². The van der Waals surface area contributed by atoms with Gasteiger partial charge in [0.15, 0.2) is 0 Å². The molecule has 172 valence electrons. The summed E-state index contributed by atoms with van der Waals surface area (Å²) >= 11 is 0. The number of amides is 1. The molecule has 0 fully saturated rings. The number of carbonyl (C=O) groups is 1. The fourth-order valence-corrected chi connectivity index (χ4v) is 2.80. The van der Waals surface area contributed by atoms with Crippen molar-refractivity contribution in [1.29, 1.82) is 0 Å². The highest BCUT2D eigenvalue weighted by Gasteiger charge is 2.24. The quantitative estimate of drug-likeness (QED) is 0.0536. The summed E-state index contributed by atoms with van der Waals surface area (Å²) in [5.74, 6) is 5.55. The molecule has 0 bridgehead atoms. The molecule has 0 aliphatic rings. The summed E-state index contributed by atoms with van der Waals surface area (Å²) in [6.45, 7) is 11.4. The maximum Gasteiger partial charge on any atom is 0.266 e. The van der Waals surface area contributed by atoms with Crippen LogP contribution in [-0.4, -0.2) is 41.9 Å². The molecule has 0 aromatic heterocycles. The second-order valence-electron chi connectivity index (χ2n) is 7.26. The monoisotopic (exact) mass is 438 g/mol. The number of nitrogens with one attached hydrogen (secondary N) is 3. The Hall–Kier alpha value is -3.31. The van der Waals surface area contributed by atoms with Crippen molar-refractivity contribution >= 4 is 11.6 Å². The Morgan fingerprint density at radius 1 is 1.31 bits per heavy atom. The van der Waals surface area contributed by atoms with Gasteiger partial charge >= 0.3 is 0 Å². The van der Waals surface area contributed by atoms with Crippen LogP contribution in [0.5, 0.6) is 0 Å². The van der Waals surface area contributed by atoms with Crippen molar-refractivity contribution < 1.29 is 15.1 Å². The van der Waals surface area contributed by atoms with E-state index in [9.17, 15) is 9.90 Å². The number of carbonyl (C=O) groups excluding carboxylic acids is 1. The summed E-state index contributed by atoms with van der Waals surface area (Å²) < 4.78 is 0. The molecule has 1 aromatic carbocycles. The minimum absolute atomic E-state index is 0.0801. The van der Waals surface area contributed by atoms with Crippen LogP contribution < -0.4 is 21.8 Å². The van der Waals surface area contributed by atoms with E-state index in [0.29, 0.717) is 25.2 Å². The molecule has 7 nitrogen and oxygen atoms in total. The molecule has 0 spiro atoms. The van der Waals surface area contributed by atoms with E-state index in [1.54, 1.807) is 29.8 Å². The first kappa shape index (κ1) is 26.7. The van der Waals surface area contributed by atoms with Gasteiger partial charge in [-0.3, -0.25) is 10.0 Å². The number of hydroxylamine groups is 1. The second-order valence-corrected chi connectivity index (χ2v) is 7.26. The molecule has 0 aliphatic heterocycles. The van der Waals surface area contributed by atoms with Gasteiger partial charge in [0.2, 0.25) is 0 Å². The fourth-order valence-electron chi connectivity index (χ4n) is 2.80. The molecule has 7 heteroatoms. The lowest BCUT2D eigenvalue weighted by atomic mass is 9.96. The van der Waals surface area contributed by atoms with Gasteiger partial charge in [0.1, 0.15) is 11.8 Å². The predicted molar refractivity (Wildman–Crippen MR) is 130 cm³/mol. The van der Waals surface area contributed by atoms with Crippen LogP contribution in [0.1, 0.15) is 30.9 Å². The lowest BCUT2D eigenvalue weighted by molar-refractivity contribution is -0.132. The van der Waals surface area contributed by atoms with Gasteiger partial charge in [-0.15, -0.1) is 6.58 Å². The maximum atomic E-state index is 12.0. The Labute approximate surface area is 190 Å². The van der Waals surface area contributed by atoms with Crippen LogP contribution in [0.3, 0.4) is 0 Å². The normalized spacial score (nSPS) is 13.0. The zero-order valence-corrected chi connectivity index (χ0v) is 18.6. The molecule has 2 atom stereocenters. The van der Waals surface area contributed by atoms with Crippen molar-refractivity contribution in [3.63, 3.8) is 0 Å². The van der Waals surface area contributed by atoms with E-state index >= 15 is 0 Å². The van der Waals surface area contributed by atoms with Gasteiger partial charge in [-0.25, -0.2) is 5.48 Å². The Kier molecular flexibility index (Phi) is 12.9. The second kappa shape index (κ2) is 15.5. The molecule has 0 aliphatic carbocycles. The van der Waals surface area contributed by atoms with E-state index in [-0.39, 0.29) is 11.7 Å². The number of allylic oxidation sites excluding steroid dienone is 4. The SMILES string of the molecule is C=CC[C@@H](C)[C@H](NC(=C)c1ccc(C#C/C=C/C=C(\O)CNCCCN)cc1)C(=O)NO. The first-order chi connectivity index (χ1) is 15.4. The highest BCUT2D eigenvalue weighted by atomic mass is 16.5. The van der Waals surface area contributed by atoms with E-state index in [1.165, 1.54) is 0 Å². The van der Waals surface area contributed by atoms with Crippen molar-refractivity contribution in [1.82, 2.24) is 16.1 Å². The number of aliphatic hydroxyl groups is 1. The third-order valence-corrected chi connectivity index (χ3v) is 4.61. The van der Waals surface area contributed by atoms with E-state index < -0.39 is 11.9 Å². The van der Waals surface area contributed by atoms with E-state index in [2.05, 4.69) is 35.6 Å². The molecule has 1 amide bonds. The fraction of sp³-hybridized carbons (Fsp3) is 0.320. The topological polar surface area (TPSA) is 120 Å². The molecule has 0 heterocycles.